The van der Waals surface area contributed by atoms with Crippen molar-refractivity contribution in [2.75, 3.05) is 0 Å². The first-order valence-electron chi connectivity index (χ1n) is 6.98. The van der Waals surface area contributed by atoms with Crippen LogP contribution in [0.2, 0.25) is 0 Å². The van der Waals surface area contributed by atoms with Crippen LogP contribution < -0.4 is 0 Å². The highest BCUT2D eigenvalue weighted by Crippen LogP contribution is 2.39. The zero-order valence-electron chi connectivity index (χ0n) is 11.5. The molecule has 0 spiro atoms. The van der Waals surface area contributed by atoms with E-state index in [1.807, 2.05) is 6.92 Å². The third kappa shape index (κ3) is 2.37. The van der Waals surface area contributed by atoms with E-state index in [0.29, 0.717) is 16.4 Å². The molecule has 0 aliphatic heterocycles. The zero-order valence-corrected chi connectivity index (χ0v) is 13.9. The second-order valence-corrected chi connectivity index (χ2v) is 7.29. The molecule has 0 amide bonds. The van der Waals surface area contributed by atoms with E-state index in [0.717, 1.165) is 29.7 Å². The molecule has 1 aliphatic rings. The molecule has 1 aliphatic carbocycles. The first-order chi connectivity index (χ1) is 9.47. The molecule has 5 heteroatoms. The maximum atomic E-state index is 13.9. The lowest BCUT2D eigenvalue weighted by atomic mass is 10.1. The number of halogens is 3. The SMILES string of the molecule is CC1CCC(n2c(C(C)Cl)nc3cc(Br)c(F)cc32)C1. The molecule has 2 nitrogen and oxygen atoms in total. The highest BCUT2D eigenvalue weighted by atomic mass is 79.9. The summed E-state index contributed by atoms with van der Waals surface area (Å²) < 4.78 is 16.5. The van der Waals surface area contributed by atoms with Gasteiger partial charge in [0.05, 0.1) is 20.9 Å². The monoisotopic (exact) mass is 358 g/mol. The molecule has 2 aromatic rings. The molecule has 3 unspecified atom stereocenters. The lowest BCUT2D eigenvalue weighted by molar-refractivity contribution is 0.487. The molecule has 1 heterocycles. The smallest absolute Gasteiger partial charge is 0.139 e. The number of imidazole rings is 1. The van der Waals surface area contributed by atoms with E-state index >= 15 is 0 Å². The van der Waals surface area contributed by atoms with Crippen molar-refractivity contribution in [3.8, 4) is 0 Å². The molecule has 108 valence electrons. The van der Waals surface area contributed by atoms with Gasteiger partial charge in [0.1, 0.15) is 11.6 Å². The summed E-state index contributed by atoms with van der Waals surface area (Å²) >= 11 is 9.51. The van der Waals surface area contributed by atoms with Gasteiger partial charge in [0.25, 0.3) is 0 Å². The van der Waals surface area contributed by atoms with Gasteiger partial charge in [0.2, 0.25) is 0 Å². The first kappa shape index (κ1) is 14.3. The Labute approximate surface area is 131 Å². The van der Waals surface area contributed by atoms with Gasteiger partial charge in [0.15, 0.2) is 0 Å². The molecular weight excluding hydrogens is 343 g/mol. The minimum Gasteiger partial charge on any atom is -0.324 e. The first-order valence-corrected chi connectivity index (χ1v) is 8.21. The van der Waals surface area contributed by atoms with E-state index in [1.165, 1.54) is 6.42 Å². The van der Waals surface area contributed by atoms with Crippen molar-refractivity contribution < 1.29 is 4.39 Å². The summed E-state index contributed by atoms with van der Waals surface area (Å²) in [5.41, 5.74) is 1.66. The Bertz CT molecular complexity index is 653. The third-order valence-electron chi connectivity index (χ3n) is 4.15. The summed E-state index contributed by atoms with van der Waals surface area (Å²) in [7, 11) is 0. The molecule has 0 radical (unpaired) electrons. The summed E-state index contributed by atoms with van der Waals surface area (Å²) in [6.07, 6.45) is 3.43. The van der Waals surface area contributed by atoms with E-state index in [4.69, 9.17) is 11.6 Å². The Balaban J connectivity index is 2.21. The van der Waals surface area contributed by atoms with Crippen LogP contribution in [0.1, 0.15) is 50.4 Å². The van der Waals surface area contributed by atoms with Crippen molar-refractivity contribution in [3.63, 3.8) is 0 Å². The summed E-state index contributed by atoms with van der Waals surface area (Å²) in [5, 5.41) is -0.180. The van der Waals surface area contributed by atoms with Crippen LogP contribution in [-0.2, 0) is 0 Å². The standard InChI is InChI=1S/C15H17BrClFN2/c1-8-3-4-10(5-8)20-14-7-12(18)11(16)6-13(14)19-15(20)9(2)17/h6-10H,3-5H2,1-2H3. The Morgan fingerprint density at radius 1 is 1.45 bits per heavy atom. The zero-order chi connectivity index (χ0) is 14.4. The average molecular weight is 360 g/mol. The van der Waals surface area contributed by atoms with Gasteiger partial charge in [-0.3, -0.25) is 0 Å². The van der Waals surface area contributed by atoms with Gasteiger partial charge < -0.3 is 4.57 Å². The second kappa shape index (κ2) is 5.30. The van der Waals surface area contributed by atoms with Crippen molar-refractivity contribution in [1.29, 1.82) is 0 Å². The topological polar surface area (TPSA) is 17.8 Å². The number of aromatic nitrogens is 2. The molecular formula is C15H17BrClFN2. The van der Waals surface area contributed by atoms with Crippen LogP contribution in [0.4, 0.5) is 4.39 Å². The largest absolute Gasteiger partial charge is 0.324 e. The number of hydrogen-bond donors (Lipinski definition) is 0. The Morgan fingerprint density at radius 3 is 2.80 bits per heavy atom. The van der Waals surface area contributed by atoms with Gasteiger partial charge in [-0.1, -0.05) is 6.92 Å². The molecule has 0 N–H and O–H groups in total. The fraction of sp³-hybridized carbons (Fsp3) is 0.533. The van der Waals surface area contributed by atoms with Gasteiger partial charge in [-0.2, -0.15) is 0 Å². The molecule has 0 saturated heterocycles. The van der Waals surface area contributed by atoms with Crippen LogP contribution in [-0.4, -0.2) is 9.55 Å². The van der Waals surface area contributed by atoms with Crippen LogP contribution in [0.25, 0.3) is 11.0 Å². The average Bonchev–Trinajstić information content (AvgIpc) is 2.94. The van der Waals surface area contributed by atoms with Gasteiger partial charge in [-0.05, 0) is 54.1 Å². The number of alkyl halides is 1. The second-order valence-electron chi connectivity index (χ2n) is 5.78. The fourth-order valence-corrected chi connectivity index (χ4v) is 3.67. The van der Waals surface area contributed by atoms with E-state index in [9.17, 15) is 4.39 Å². The summed E-state index contributed by atoms with van der Waals surface area (Å²) in [4.78, 5) is 4.62. The molecule has 1 saturated carbocycles. The number of nitrogens with zero attached hydrogens (tertiary/aromatic N) is 2. The van der Waals surface area contributed by atoms with E-state index < -0.39 is 0 Å². The number of rotatable bonds is 2. The van der Waals surface area contributed by atoms with Gasteiger partial charge in [-0.25, -0.2) is 9.37 Å². The Morgan fingerprint density at radius 2 is 2.20 bits per heavy atom. The highest BCUT2D eigenvalue weighted by molar-refractivity contribution is 9.10. The van der Waals surface area contributed by atoms with Crippen molar-refractivity contribution in [2.45, 2.75) is 44.5 Å². The normalized spacial score (nSPS) is 24.4. The van der Waals surface area contributed by atoms with Crippen molar-refractivity contribution in [1.82, 2.24) is 9.55 Å². The fourth-order valence-electron chi connectivity index (χ4n) is 3.18. The van der Waals surface area contributed by atoms with Crippen LogP contribution >= 0.6 is 27.5 Å². The summed E-state index contributed by atoms with van der Waals surface area (Å²) in [5.74, 6) is 1.30. The van der Waals surface area contributed by atoms with E-state index in [2.05, 4.69) is 32.4 Å². The predicted octanol–water partition coefficient (Wildman–Crippen LogP) is 5.60. The predicted molar refractivity (Wildman–Crippen MR) is 83.7 cm³/mol. The maximum Gasteiger partial charge on any atom is 0.139 e. The molecule has 20 heavy (non-hydrogen) atoms. The maximum absolute atomic E-state index is 13.9. The van der Waals surface area contributed by atoms with Crippen LogP contribution in [0.15, 0.2) is 16.6 Å². The van der Waals surface area contributed by atoms with Crippen molar-refractivity contribution in [3.05, 3.63) is 28.2 Å². The van der Waals surface area contributed by atoms with Crippen LogP contribution in [0.3, 0.4) is 0 Å². The number of fused-ring (bicyclic) bond motifs is 1. The molecule has 1 fully saturated rings. The minimum atomic E-state index is -0.251. The van der Waals surface area contributed by atoms with E-state index in [1.54, 1.807) is 12.1 Å². The van der Waals surface area contributed by atoms with Crippen molar-refractivity contribution in [2.24, 2.45) is 5.92 Å². The quantitative estimate of drug-likeness (QED) is 0.638. The highest BCUT2D eigenvalue weighted by Gasteiger charge is 2.28. The van der Waals surface area contributed by atoms with Crippen LogP contribution in [0, 0.1) is 11.7 Å². The van der Waals surface area contributed by atoms with Gasteiger partial charge in [0, 0.05) is 12.1 Å². The third-order valence-corrected chi connectivity index (χ3v) is 4.95. The van der Waals surface area contributed by atoms with Crippen LogP contribution in [0.5, 0.6) is 0 Å². The lowest BCUT2D eigenvalue weighted by Gasteiger charge is -2.18. The molecule has 3 atom stereocenters. The van der Waals surface area contributed by atoms with E-state index in [-0.39, 0.29) is 11.2 Å². The number of hydrogen-bond acceptors (Lipinski definition) is 1. The number of benzene rings is 1. The molecule has 1 aromatic carbocycles. The lowest BCUT2D eigenvalue weighted by Crippen LogP contribution is -2.10. The Hall–Kier alpha value is -0.610. The summed E-state index contributed by atoms with van der Waals surface area (Å²) in [6, 6.07) is 3.69. The summed E-state index contributed by atoms with van der Waals surface area (Å²) in [6.45, 7) is 4.18. The molecule has 3 rings (SSSR count). The van der Waals surface area contributed by atoms with Gasteiger partial charge >= 0.3 is 0 Å². The van der Waals surface area contributed by atoms with Gasteiger partial charge in [-0.15, -0.1) is 11.6 Å². The van der Waals surface area contributed by atoms with Crippen molar-refractivity contribution >= 4 is 38.6 Å². The molecule has 0 bridgehead atoms. The minimum absolute atomic E-state index is 0.180. The Kier molecular flexibility index (Phi) is 3.80. The molecule has 1 aromatic heterocycles.